The number of thioether (sulfide) groups is 1. The van der Waals surface area contributed by atoms with Gasteiger partial charge >= 0.3 is 0 Å². The Hall–Kier alpha value is -2.32. The predicted octanol–water partition coefficient (Wildman–Crippen LogP) is 3.65. The summed E-state index contributed by atoms with van der Waals surface area (Å²) in [6.07, 6.45) is 2.50. The zero-order chi connectivity index (χ0) is 17.1. The summed E-state index contributed by atoms with van der Waals surface area (Å²) in [5.41, 5.74) is 1.83. The molecule has 1 aliphatic heterocycles. The maximum Gasteiger partial charge on any atom is 0.206 e. The van der Waals surface area contributed by atoms with Crippen LogP contribution in [0.3, 0.4) is 0 Å². The van der Waals surface area contributed by atoms with E-state index in [1.807, 2.05) is 30.3 Å². The van der Waals surface area contributed by atoms with Crippen LogP contribution in [0, 0.1) is 0 Å². The molecule has 0 atom stereocenters. The van der Waals surface area contributed by atoms with Gasteiger partial charge in [0.25, 0.3) is 0 Å². The lowest BCUT2D eigenvalue weighted by Crippen LogP contribution is -2.02. The van der Waals surface area contributed by atoms with Crippen LogP contribution < -0.4 is 10.1 Å². The van der Waals surface area contributed by atoms with Crippen LogP contribution in [0.1, 0.15) is 21.7 Å². The number of anilines is 1. The minimum atomic E-state index is 0.0833. The van der Waals surface area contributed by atoms with Crippen LogP contribution in [0.2, 0.25) is 0 Å². The number of aromatic nitrogens is 2. The number of hydrogen-bond donors (Lipinski definition) is 1. The molecule has 2 aromatic heterocycles. The van der Waals surface area contributed by atoms with Crippen molar-refractivity contribution in [3.63, 3.8) is 0 Å². The minimum absolute atomic E-state index is 0.0833. The zero-order valence-electron chi connectivity index (χ0n) is 13.2. The van der Waals surface area contributed by atoms with E-state index in [0.29, 0.717) is 24.0 Å². The molecule has 0 unspecified atom stereocenters. The highest BCUT2D eigenvalue weighted by Crippen LogP contribution is 2.29. The third-order valence-electron chi connectivity index (χ3n) is 3.74. The lowest BCUT2D eigenvalue weighted by atomic mass is 10.1. The highest BCUT2D eigenvalue weighted by atomic mass is 32.2. The number of ketones is 1. The Kier molecular flexibility index (Phi) is 4.71. The number of nitrogens with zero attached hydrogens (tertiary/aromatic N) is 2. The summed E-state index contributed by atoms with van der Waals surface area (Å²) in [7, 11) is 0. The van der Waals surface area contributed by atoms with E-state index in [1.165, 1.54) is 23.1 Å². The number of benzene rings is 1. The Morgan fingerprint density at radius 2 is 2.28 bits per heavy atom. The second-order valence-corrected chi connectivity index (χ2v) is 7.64. The summed E-state index contributed by atoms with van der Waals surface area (Å²) in [4.78, 5) is 12.4. The van der Waals surface area contributed by atoms with Crippen molar-refractivity contribution in [3.8, 4) is 5.75 Å². The number of carbonyl (C=O) groups excluding carboxylic acids is 1. The quantitative estimate of drug-likeness (QED) is 0.500. The number of fused-ring (bicyclic) bond motifs is 1. The van der Waals surface area contributed by atoms with Crippen molar-refractivity contribution in [3.05, 3.63) is 53.5 Å². The average Bonchev–Trinajstić information content (AvgIpc) is 3.38. The third kappa shape index (κ3) is 3.85. The molecule has 1 aliphatic rings. The van der Waals surface area contributed by atoms with E-state index in [0.717, 1.165) is 33.4 Å². The molecular formula is C17H15N3O3S2. The highest BCUT2D eigenvalue weighted by molar-refractivity contribution is 8.01. The molecule has 0 fully saturated rings. The van der Waals surface area contributed by atoms with Gasteiger partial charge in [-0.15, -0.1) is 10.2 Å². The van der Waals surface area contributed by atoms with E-state index in [2.05, 4.69) is 15.5 Å². The Balaban J connectivity index is 1.31. The van der Waals surface area contributed by atoms with Gasteiger partial charge in [0.05, 0.1) is 25.2 Å². The molecule has 0 saturated carbocycles. The average molecular weight is 373 g/mol. The largest absolute Gasteiger partial charge is 0.493 e. The van der Waals surface area contributed by atoms with Crippen LogP contribution in [-0.2, 0) is 13.0 Å². The number of carbonyl (C=O) groups is 1. The summed E-state index contributed by atoms with van der Waals surface area (Å²) in [5.74, 6) is 2.15. The van der Waals surface area contributed by atoms with Gasteiger partial charge < -0.3 is 14.5 Å². The fraction of sp³-hybridized carbons (Fsp3) is 0.235. The van der Waals surface area contributed by atoms with Gasteiger partial charge in [0, 0.05) is 12.0 Å². The van der Waals surface area contributed by atoms with Crippen LogP contribution in [0.15, 0.2) is 45.4 Å². The van der Waals surface area contributed by atoms with Crippen LogP contribution >= 0.6 is 23.1 Å². The first-order valence-electron chi connectivity index (χ1n) is 7.79. The predicted molar refractivity (Wildman–Crippen MR) is 96.6 cm³/mol. The molecule has 0 bridgehead atoms. The van der Waals surface area contributed by atoms with E-state index in [-0.39, 0.29) is 5.78 Å². The Labute approximate surface area is 152 Å². The summed E-state index contributed by atoms with van der Waals surface area (Å²) < 4.78 is 11.5. The number of nitrogens with one attached hydrogen (secondary N) is 1. The molecule has 1 N–H and O–H groups in total. The maximum atomic E-state index is 12.4. The van der Waals surface area contributed by atoms with Crippen LogP contribution in [0.25, 0.3) is 0 Å². The molecule has 0 amide bonds. The summed E-state index contributed by atoms with van der Waals surface area (Å²) in [6.45, 7) is 1.25. The van der Waals surface area contributed by atoms with Gasteiger partial charge in [-0.05, 0) is 35.9 Å². The van der Waals surface area contributed by atoms with Crippen LogP contribution in [0.5, 0.6) is 5.75 Å². The number of furan rings is 1. The molecule has 3 heterocycles. The van der Waals surface area contributed by atoms with Gasteiger partial charge in [-0.25, -0.2) is 0 Å². The molecule has 6 nitrogen and oxygen atoms in total. The van der Waals surface area contributed by atoms with Crippen LogP contribution in [0.4, 0.5) is 5.13 Å². The molecule has 128 valence electrons. The zero-order valence-corrected chi connectivity index (χ0v) is 14.9. The standard InChI is InChI=1S/C17H15N3O3S2/c21-14(11-3-4-15-12(8-11)5-7-23-15)10-24-17-20-19-16(25-17)18-9-13-2-1-6-22-13/h1-4,6,8H,5,7,9-10H2,(H,18,19). The molecule has 0 aliphatic carbocycles. The normalized spacial score (nSPS) is 12.6. The molecule has 0 radical (unpaired) electrons. The number of ether oxygens (including phenoxy) is 1. The lowest BCUT2D eigenvalue weighted by molar-refractivity contribution is 0.102. The second kappa shape index (κ2) is 7.28. The molecule has 25 heavy (non-hydrogen) atoms. The van der Waals surface area contributed by atoms with Crippen molar-refractivity contribution in [2.75, 3.05) is 17.7 Å². The first kappa shape index (κ1) is 16.2. The van der Waals surface area contributed by atoms with E-state index >= 15 is 0 Å². The van der Waals surface area contributed by atoms with Gasteiger partial charge in [-0.1, -0.05) is 23.1 Å². The van der Waals surface area contributed by atoms with Crippen molar-refractivity contribution in [2.45, 2.75) is 17.3 Å². The molecule has 8 heteroatoms. The third-order valence-corrected chi connectivity index (χ3v) is 5.75. The van der Waals surface area contributed by atoms with Gasteiger partial charge in [-0.3, -0.25) is 4.79 Å². The van der Waals surface area contributed by atoms with E-state index in [1.54, 1.807) is 6.26 Å². The first-order valence-corrected chi connectivity index (χ1v) is 9.59. The molecule has 0 spiro atoms. The molecule has 1 aromatic carbocycles. The lowest BCUT2D eigenvalue weighted by Gasteiger charge is -2.02. The van der Waals surface area contributed by atoms with Gasteiger partial charge in [0.1, 0.15) is 11.5 Å². The summed E-state index contributed by atoms with van der Waals surface area (Å²) in [5, 5.41) is 12.0. The summed E-state index contributed by atoms with van der Waals surface area (Å²) in [6, 6.07) is 9.37. The monoisotopic (exact) mass is 373 g/mol. The topological polar surface area (TPSA) is 77.3 Å². The maximum absolute atomic E-state index is 12.4. The van der Waals surface area contributed by atoms with Gasteiger partial charge in [0.2, 0.25) is 5.13 Å². The van der Waals surface area contributed by atoms with Crippen molar-refractivity contribution in [2.24, 2.45) is 0 Å². The number of hydrogen-bond acceptors (Lipinski definition) is 8. The van der Waals surface area contributed by atoms with Crippen molar-refractivity contribution in [1.82, 2.24) is 10.2 Å². The van der Waals surface area contributed by atoms with E-state index in [9.17, 15) is 4.79 Å². The SMILES string of the molecule is O=C(CSc1nnc(NCc2ccco2)s1)c1ccc2c(c1)CCO2. The van der Waals surface area contributed by atoms with Gasteiger partial charge in [0.15, 0.2) is 10.1 Å². The number of rotatable bonds is 7. The van der Waals surface area contributed by atoms with Crippen molar-refractivity contribution in [1.29, 1.82) is 0 Å². The Bertz CT molecular complexity index is 877. The molecule has 4 rings (SSSR count). The van der Waals surface area contributed by atoms with Crippen LogP contribution in [-0.4, -0.2) is 28.3 Å². The van der Waals surface area contributed by atoms with E-state index in [4.69, 9.17) is 9.15 Å². The fourth-order valence-electron chi connectivity index (χ4n) is 2.49. The second-order valence-electron chi connectivity index (χ2n) is 5.44. The first-order chi connectivity index (χ1) is 12.3. The molecule has 3 aromatic rings. The minimum Gasteiger partial charge on any atom is -0.493 e. The Morgan fingerprint density at radius 1 is 1.32 bits per heavy atom. The molecule has 0 saturated heterocycles. The Morgan fingerprint density at radius 3 is 3.16 bits per heavy atom. The summed E-state index contributed by atoms with van der Waals surface area (Å²) >= 11 is 2.83. The van der Waals surface area contributed by atoms with Gasteiger partial charge in [-0.2, -0.15) is 0 Å². The fourth-order valence-corrected chi connectivity index (χ4v) is 4.13. The van der Waals surface area contributed by atoms with Crippen molar-refractivity contribution >= 4 is 34.0 Å². The highest BCUT2D eigenvalue weighted by Gasteiger charge is 2.16. The smallest absolute Gasteiger partial charge is 0.206 e. The molecular weight excluding hydrogens is 358 g/mol. The van der Waals surface area contributed by atoms with Crippen molar-refractivity contribution < 1.29 is 13.9 Å². The number of Topliss-reactive ketones (excluding diaryl/α,β-unsaturated/α-hetero) is 1. The van der Waals surface area contributed by atoms with E-state index < -0.39 is 0 Å².